The van der Waals surface area contributed by atoms with Crippen LogP contribution in [0.25, 0.3) is 11.3 Å². The summed E-state index contributed by atoms with van der Waals surface area (Å²) in [5.41, 5.74) is 1.17. The van der Waals surface area contributed by atoms with Gasteiger partial charge in [0.2, 0.25) is 5.91 Å². The smallest absolute Gasteiger partial charge is 0.325 e. The van der Waals surface area contributed by atoms with E-state index in [1.165, 1.54) is 24.4 Å². The normalized spacial score (nSPS) is 17.8. The molecule has 1 fully saturated rings. The average molecular weight is 528 g/mol. The Kier molecular flexibility index (Phi) is 7.96. The van der Waals surface area contributed by atoms with Crippen LogP contribution in [0.3, 0.4) is 0 Å². The van der Waals surface area contributed by atoms with E-state index >= 15 is 0 Å². The number of amides is 1. The van der Waals surface area contributed by atoms with Gasteiger partial charge >= 0.3 is 5.97 Å². The summed E-state index contributed by atoms with van der Waals surface area (Å²) in [5.74, 6) is -1.47. The van der Waals surface area contributed by atoms with Gasteiger partial charge in [0, 0.05) is 54.6 Å². The molecule has 12 heteroatoms. The first kappa shape index (κ1) is 26.4. The summed E-state index contributed by atoms with van der Waals surface area (Å²) in [6.07, 6.45) is 1.69. The van der Waals surface area contributed by atoms with E-state index in [0.29, 0.717) is 46.7 Å². The van der Waals surface area contributed by atoms with Crippen molar-refractivity contribution in [1.29, 1.82) is 0 Å². The molecule has 37 heavy (non-hydrogen) atoms. The number of carboxylic acids is 1. The van der Waals surface area contributed by atoms with Gasteiger partial charge in [0.1, 0.15) is 17.2 Å². The van der Waals surface area contributed by atoms with Gasteiger partial charge in [-0.2, -0.15) is 10.2 Å². The fraction of sp³-hybridized carbons (Fsp3) is 0.320. The van der Waals surface area contributed by atoms with E-state index in [1.54, 1.807) is 37.1 Å². The molecule has 1 unspecified atom stereocenters. The van der Waals surface area contributed by atoms with Crippen LogP contribution < -0.4 is 16.0 Å². The number of carbonyl (C=O) groups excluding carboxylic acids is 1. The third-order valence-electron chi connectivity index (χ3n) is 6.43. The van der Waals surface area contributed by atoms with Gasteiger partial charge in [-0.05, 0) is 50.7 Å². The van der Waals surface area contributed by atoms with Crippen molar-refractivity contribution in [3.8, 4) is 11.3 Å². The second-order valence-corrected chi connectivity index (χ2v) is 9.33. The minimum absolute atomic E-state index is 0.0135. The number of pyridine rings is 1. The van der Waals surface area contributed by atoms with Gasteiger partial charge in [0.25, 0.3) is 0 Å². The van der Waals surface area contributed by atoms with Gasteiger partial charge < -0.3 is 21.1 Å². The summed E-state index contributed by atoms with van der Waals surface area (Å²) in [4.78, 5) is 30.6. The maximum Gasteiger partial charge on any atom is 0.325 e. The number of anilines is 3. The minimum Gasteiger partial charge on any atom is -0.480 e. The highest BCUT2D eigenvalue weighted by Gasteiger charge is 2.44. The number of hydrogen-bond acceptors (Lipinski definition) is 8. The Labute approximate surface area is 218 Å². The molecule has 1 atom stereocenters. The number of nitrogens with zero attached hydrogens (tertiary/aromatic N) is 4. The third kappa shape index (κ3) is 6.01. The van der Waals surface area contributed by atoms with Crippen molar-refractivity contribution < 1.29 is 19.1 Å². The van der Waals surface area contributed by atoms with Crippen LogP contribution in [0, 0.1) is 12.7 Å². The van der Waals surface area contributed by atoms with E-state index in [2.05, 4.69) is 31.1 Å². The van der Waals surface area contributed by atoms with Crippen molar-refractivity contribution in [1.82, 2.24) is 25.4 Å². The molecule has 4 N–H and O–H groups in total. The average Bonchev–Trinajstić information content (AvgIpc) is 2.86. The van der Waals surface area contributed by atoms with Gasteiger partial charge in [-0.3, -0.25) is 14.5 Å². The maximum absolute atomic E-state index is 14.3. The third-order valence-corrected chi connectivity index (χ3v) is 6.66. The number of carboxylic acid groups (broad SMARTS) is 1. The second-order valence-electron chi connectivity index (χ2n) is 8.89. The van der Waals surface area contributed by atoms with Gasteiger partial charge in [0.05, 0.1) is 17.1 Å². The number of aromatic nitrogens is 3. The number of rotatable bonds is 8. The first-order valence-corrected chi connectivity index (χ1v) is 12.0. The van der Waals surface area contributed by atoms with E-state index in [1.807, 2.05) is 0 Å². The van der Waals surface area contributed by atoms with Crippen molar-refractivity contribution >= 4 is 40.7 Å². The van der Waals surface area contributed by atoms with Crippen molar-refractivity contribution in [2.45, 2.75) is 25.3 Å². The molecular formula is C25H27ClFN7O3. The highest BCUT2D eigenvalue weighted by atomic mass is 35.5. The quantitative estimate of drug-likeness (QED) is 0.347. The molecule has 1 aromatic carbocycles. The monoisotopic (exact) mass is 527 g/mol. The number of aryl methyl sites for hydroxylation is 1. The lowest BCUT2D eigenvalue weighted by atomic mass is 9.89. The zero-order valence-corrected chi connectivity index (χ0v) is 21.1. The van der Waals surface area contributed by atoms with Crippen molar-refractivity contribution in [3.63, 3.8) is 0 Å². The fourth-order valence-electron chi connectivity index (χ4n) is 4.18. The van der Waals surface area contributed by atoms with Crippen LogP contribution in [0.1, 0.15) is 18.5 Å². The number of piperazine rings is 1. The van der Waals surface area contributed by atoms with Crippen molar-refractivity contribution in [3.05, 3.63) is 59.1 Å². The van der Waals surface area contributed by atoms with Crippen molar-refractivity contribution in [2.24, 2.45) is 0 Å². The second kappa shape index (κ2) is 11.2. The molecular weight excluding hydrogens is 501 g/mol. The number of aliphatic carboxylic acids is 1. The summed E-state index contributed by atoms with van der Waals surface area (Å²) in [6, 6.07) is 9.21. The summed E-state index contributed by atoms with van der Waals surface area (Å²) < 4.78 is 14.3. The Morgan fingerprint density at radius 1 is 1.24 bits per heavy atom. The van der Waals surface area contributed by atoms with Gasteiger partial charge in [-0.15, -0.1) is 0 Å². The lowest BCUT2D eigenvalue weighted by Crippen LogP contribution is -2.64. The fourth-order valence-corrected chi connectivity index (χ4v) is 4.35. The summed E-state index contributed by atoms with van der Waals surface area (Å²) in [6.45, 7) is 3.30. The van der Waals surface area contributed by atoms with Crippen LogP contribution in [0.15, 0.2) is 42.6 Å². The van der Waals surface area contributed by atoms with Crippen LogP contribution in [-0.4, -0.2) is 69.3 Å². The van der Waals surface area contributed by atoms with E-state index in [-0.39, 0.29) is 30.9 Å². The molecule has 0 aliphatic carbocycles. The molecule has 10 nitrogen and oxygen atoms in total. The molecule has 2 aromatic heterocycles. The lowest BCUT2D eigenvalue weighted by molar-refractivity contribution is -0.152. The Hall–Kier alpha value is -3.67. The number of benzene rings is 1. The van der Waals surface area contributed by atoms with Crippen LogP contribution in [0.4, 0.5) is 21.6 Å². The van der Waals surface area contributed by atoms with E-state index in [4.69, 9.17) is 11.6 Å². The standard InChI is InChI=1S/C25H27ClFN7O3/c1-15-20(13-21(33-32-15)18-11-16(26)3-4-19(18)27)30-17-6-8-29-22(12-17)31-23(35)5-7-25(24(36)37)14-28-9-10-34(25)2/h3-4,6,8,11-13,28H,5,7,9-10,14H2,1-2H3,(H,36,37)(H2,29,30,31,33,35). The van der Waals surface area contributed by atoms with Crippen LogP contribution in [-0.2, 0) is 9.59 Å². The highest BCUT2D eigenvalue weighted by Crippen LogP contribution is 2.29. The van der Waals surface area contributed by atoms with Crippen LogP contribution >= 0.6 is 11.6 Å². The first-order chi connectivity index (χ1) is 17.7. The predicted octanol–water partition coefficient (Wildman–Crippen LogP) is 3.46. The lowest BCUT2D eigenvalue weighted by Gasteiger charge is -2.42. The van der Waals surface area contributed by atoms with Crippen LogP contribution in [0.2, 0.25) is 5.02 Å². The molecule has 0 saturated carbocycles. The highest BCUT2D eigenvalue weighted by molar-refractivity contribution is 6.30. The van der Waals surface area contributed by atoms with E-state index in [9.17, 15) is 19.1 Å². The Balaban J connectivity index is 1.45. The van der Waals surface area contributed by atoms with E-state index < -0.39 is 17.3 Å². The molecule has 1 saturated heterocycles. The summed E-state index contributed by atoms with van der Waals surface area (Å²) in [5, 5.41) is 27.4. The molecule has 194 valence electrons. The Morgan fingerprint density at radius 3 is 2.81 bits per heavy atom. The molecule has 4 rings (SSSR count). The number of hydrogen-bond donors (Lipinski definition) is 4. The summed E-state index contributed by atoms with van der Waals surface area (Å²) >= 11 is 6.02. The maximum atomic E-state index is 14.3. The molecule has 1 aliphatic heterocycles. The zero-order valence-electron chi connectivity index (χ0n) is 20.4. The predicted molar refractivity (Wildman–Crippen MR) is 138 cm³/mol. The number of halogens is 2. The molecule has 0 radical (unpaired) electrons. The molecule has 0 spiro atoms. The topological polar surface area (TPSA) is 132 Å². The summed E-state index contributed by atoms with van der Waals surface area (Å²) in [7, 11) is 1.76. The molecule has 1 amide bonds. The number of nitrogens with one attached hydrogen (secondary N) is 3. The Morgan fingerprint density at radius 2 is 2.05 bits per heavy atom. The SMILES string of the molecule is Cc1nnc(-c2cc(Cl)ccc2F)cc1Nc1ccnc(NC(=O)CCC2(C(=O)O)CNCCN2C)c1. The largest absolute Gasteiger partial charge is 0.480 e. The number of carbonyl (C=O) groups is 2. The van der Waals surface area contributed by atoms with Gasteiger partial charge in [-0.1, -0.05) is 11.6 Å². The zero-order chi connectivity index (χ0) is 26.6. The van der Waals surface area contributed by atoms with E-state index in [0.717, 1.165) is 0 Å². The van der Waals surface area contributed by atoms with Crippen LogP contribution in [0.5, 0.6) is 0 Å². The van der Waals surface area contributed by atoms with Gasteiger partial charge in [-0.25, -0.2) is 9.37 Å². The number of likely N-dealkylation sites (N-methyl/N-ethyl adjacent to an activating group) is 1. The Bertz CT molecular complexity index is 1330. The van der Waals surface area contributed by atoms with Gasteiger partial charge in [0.15, 0.2) is 0 Å². The molecule has 1 aliphatic rings. The minimum atomic E-state index is -1.14. The first-order valence-electron chi connectivity index (χ1n) is 11.7. The molecule has 3 aromatic rings. The molecule has 3 heterocycles. The molecule has 0 bridgehead atoms. The van der Waals surface area contributed by atoms with Crippen molar-refractivity contribution in [2.75, 3.05) is 37.3 Å².